The number of halogens is 1. The standard InChI is InChI=1S/C21H22ClN3O3S/c1-28-11-5-10-25-20(27)17-9-8-16(22)12-18(17)24-21(25)29-14-19(26)23-13-15-6-3-2-4-7-15/h2-4,6-9,12H,5,10-11,13-14H2,1H3,(H,23,26). The van der Waals surface area contributed by atoms with Crippen molar-refractivity contribution >= 4 is 40.2 Å². The predicted octanol–water partition coefficient (Wildman–Crippen LogP) is 3.49. The lowest BCUT2D eigenvalue weighted by Gasteiger charge is -2.13. The summed E-state index contributed by atoms with van der Waals surface area (Å²) < 4.78 is 6.70. The van der Waals surface area contributed by atoms with Gasteiger partial charge in [-0.25, -0.2) is 4.98 Å². The molecule has 3 rings (SSSR count). The van der Waals surface area contributed by atoms with Crippen LogP contribution in [0, 0.1) is 0 Å². The quantitative estimate of drug-likeness (QED) is 0.319. The summed E-state index contributed by atoms with van der Waals surface area (Å²) in [5, 5.41) is 4.40. The zero-order valence-electron chi connectivity index (χ0n) is 16.1. The molecule has 6 nitrogen and oxygen atoms in total. The molecule has 0 unspecified atom stereocenters. The summed E-state index contributed by atoms with van der Waals surface area (Å²) in [6.45, 7) is 1.46. The third kappa shape index (κ3) is 5.82. The minimum atomic E-state index is -0.144. The number of rotatable bonds is 9. The molecule has 1 N–H and O–H groups in total. The van der Waals surface area contributed by atoms with E-state index in [1.165, 1.54) is 11.8 Å². The highest BCUT2D eigenvalue weighted by Crippen LogP contribution is 2.20. The largest absolute Gasteiger partial charge is 0.385 e. The average Bonchev–Trinajstić information content (AvgIpc) is 2.73. The molecule has 0 aliphatic rings. The van der Waals surface area contributed by atoms with Crippen molar-refractivity contribution in [2.45, 2.75) is 24.7 Å². The molecule has 29 heavy (non-hydrogen) atoms. The number of aromatic nitrogens is 2. The number of ether oxygens (including phenoxy) is 1. The van der Waals surface area contributed by atoms with Gasteiger partial charge < -0.3 is 10.1 Å². The Labute approximate surface area is 178 Å². The van der Waals surface area contributed by atoms with E-state index in [0.717, 1.165) is 5.56 Å². The van der Waals surface area contributed by atoms with Gasteiger partial charge in [0.2, 0.25) is 5.91 Å². The topological polar surface area (TPSA) is 73.2 Å². The Bertz CT molecular complexity index is 1040. The van der Waals surface area contributed by atoms with Gasteiger partial charge >= 0.3 is 0 Å². The van der Waals surface area contributed by atoms with Crippen molar-refractivity contribution in [2.75, 3.05) is 19.5 Å². The number of fused-ring (bicyclic) bond motifs is 1. The van der Waals surface area contributed by atoms with Gasteiger partial charge in [0.25, 0.3) is 5.56 Å². The Balaban J connectivity index is 1.76. The molecule has 152 valence electrons. The van der Waals surface area contributed by atoms with Gasteiger partial charge in [-0.2, -0.15) is 0 Å². The molecule has 0 radical (unpaired) electrons. The zero-order valence-corrected chi connectivity index (χ0v) is 17.6. The predicted molar refractivity (Wildman–Crippen MR) is 117 cm³/mol. The second-order valence-electron chi connectivity index (χ2n) is 6.41. The maximum Gasteiger partial charge on any atom is 0.262 e. The molecule has 1 aromatic heterocycles. The first-order valence-electron chi connectivity index (χ1n) is 9.21. The number of methoxy groups -OCH3 is 1. The van der Waals surface area contributed by atoms with Crippen LogP contribution in [0.25, 0.3) is 10.9 Å². The number of nitrogens with one attached hydrogen (secondary N) is 1. The van der Waals surface area contributed by atoms with E-state index >= 15 is 0 Å². The van der Waals surface area contributed by atoms with Gasteiger partial charge in [-0.1, -0.05) is 53.7 Å². The molecule has 2 aromatic carbocycles. The average molecular weight is 432 g/mol. The number of carbonyl (C=O) groups is 1. The van der Waals surface area contributed by atoms with Gasteiger partial charge in [0.05, 0.1) is 16.7 Å². The fourth-order valence-electron chi connectivity index (χ4n) is 2.83. The van der Waals surface area contributed by atoms with E-state index in [9.17, 15) is 9.59 Å². The van der Waals surface area contributed by atoms with Crippen molar-refractivity contribution in [3.8, 4) is 0 Å². The van der Waals surface area contributed by atoms with Crippen LogP contribution in [0.5, 0.6) is 0 Å². The van der Waals surface area contributed by atoms with E-state index in [1.54, 1.807) is 29.9 Å². The number of benzene rings is 2. The van der Waals surface area contributed by atoms with Gasteiger partial charge in [0.15, 0.2) is 5.16 Å². The molecule has 0 saturated heterocycles. The molecule has 0 aliphatic carbocycles. The van der Waals surface area contributed by atoms with E-state index in [4.69, 9.17) is 16.3 Å². The lowest BCUT2D eigenvalue weighted by Crippen LogP contribution is -2.27. The van der Waals surface area contributed by atoms with Crippen molar-refractivity contribution < 1.29 is 9.53 Å². The first kappa shape index (κ1) is 21.4. The van der Waals surface area contributed by atoms with E-state index < -0.39 is 0 Å². The van der Waals surface area contributed by atoms with E-state index in [2.05, 4.69) is 10.3 Å². The molecule has 0 saturated carbocycles. The molecule has 0 atom stereocenters. The summed E-state index contributed by atoms with van der Waals surface area (Å²) in [5.41, 5.74) is 1.41. The summed E-state index contributed by atoms with van der Waals surface area (Å²) in [7, 11) is 1.62. The van der Waals surface area contributed by atoms with Gasteiger partial charge in [-0.3, -0.25) is 14.2 Å². The van der Waals surface area contributed by atoms with E-state index in [1.807, 2.05) is 30.3 Å². The molecule has 1 amide bonds. The number of nitrogens with zero attached hydrogens (tertiary/aromatic N) is 2. The van der Waals surface area contributed by atoms with Gasteiger partial charge in [0, 0.05) is 31.8 Å². The van der Waals surface area contributed by atoms with Crippen molar-refractivity contribution in [3.63, 3.8) is 0 Å². The number of carbonyl (C=O) groups excluding carboxylic acids is 1. The third-order valence-corrected chi connectivity index (χ3v) is 5.49. The van der Waals surface area contributed by atoms with Crippen molar-refractivity contribution in [3.05, 3.63) is 69.5 Å². The van der Waals surface area contributed by atoms with Crippen LogP contribution in [-0.2, 0) is 22.6 Å². The van der Waals surface area contributed by atoms with E-state index in [0.29, 0.717) is 47.2 Å². The highest BCUT2D eigenvalue weighted by atomic mass is 35.5. The molecule has 0 aliphatic heterocycles. The Morgan fingerprint density at radius 1 is 1.24 bits per heavy atom. The molecular weight excluding hydrogens is 410 g/mol. The Kier molecular flexibility index (Phi) is 7.69. The lowest BCUT2D eigenvalue weighted by atomic mass is 10.2. The number of hydrogen-bond donors (Lipinski definition) is 1. The monoisotopic (exact) mass is 431 g/mol. The van der Waals surface area contributed by atoms with Crippen LogP contribution in [0.2, 0.25) is 5.02 Å². The Hall–Kier alpha value is -2.35. The van der Waals surface area contributed by atoms with Crippen LogP contribution in [-0.4, -0.2) is 34.9 Å². The highest BCUT2D eigenvalue weighted by molar-refractivity contribution is 7.99. The minimum absolute atomic E-state index is 0.122. The number of amides is 1. The molecule has 0 spiro atoms. The molecule has 1 heterocycles. The zero-order chi connectivity index (χ0) is 20.6. The van der Waals surface area contributed by atoms with Gasteiger partial charge in [-0.15, -0.1) is 0 Å². The summed E-state index contributed by atoms with van der Waals surface area (Å²) in [6, 6.07) is 14.7. The third-order valence-electron chi connectivity index (χ3n) is 4.28. The molecule has 3 aromatic rings. The van der Waals surface area contributed by atoms with Crippen molar-refractivity contribution in [1.29, 1.82) is 0 Å². The fourth-order valence-corrected chi connectivity index (χ4v) is 3.85. The molecule has 0 fully saturated rings. The van der Waals surface area contributed by atoms with Crippen LogP contribution in [0.3, 0.4) is 0 Å². The molecular formula is C21H22ClN3O3S. The summed E-state index contributed by atoms with van der Waals surface area (Å²) in [5.74, 6) is 0.0399. The molecule has 8 heteroatoms. The maximum atomic E-state index is 12.9. The summed E-state index contributed by atoms with van der Waals surface area (Å²) in [6.07, 6.45) is 0.672. The second kappa shape index (κ2) is 10.4. The van der Waals surface area contributed by atoms with Crippen LogP contribution in [0.4, 0.5) is 0 Å². The number of hydrogen-bond acceptors (Lipinski definition) is 5. The smallest absolute Gasteiger partial charge is 0.262 e. The SMILES string of the molecule is COCCCn1c(SCC(=O)NCc2ccccc2)nc2cc(Cl)ccc2c1=O. The van der Waals surface area contributed by atoms with Crippen LogP contribution >= 0.6 is 23.4 Å². The summed E-state index contributed by atoms with van der Waals surface area (Å²) >= 11 is 7.30. The first-order valence-corrected chi connectivity index (χ1v) is 10.6. The van der Waals surface area contributed by atoms with Crippen LogP contribution in [0.1, 0.15) is 12.0 Å². The first-order chi connectivity index (χ1) is 14.1. The van der Waals surface area contributed by atoms with Crippen molar-refractivity contribution in [2.24, 2.45) is 0 Å². The Morgan fingerprint density at radius 2 is 2.03 bits per heavy atom. The number of thioether (sulfide) groups is 1. The summed E-state index contributed by atoms with van der Waals surface area (Å²) in [4.78, 5) is 29.8. The lowest BCUT2D eigenvalue weighted by molar-refractivity contribution is -0.118. The van der Waals surface area contributed by atoms with Gasteiger partial charge in [0.1, 0.15) is 0 Å². The maximum absolute atomic E-state index is 12.9. The Morgan fingerprint density at radius 3 is 2.79 bits per heavy atom. The minimum Gasteiger partial charge on any atom is -0.385 e. The van der Waals surface area contributed by atoms with Crippen LogP contribution in [0.15, 0.2) is 58.5 Å². The highest BCUT2D eigenvalue weighted by Gasteiger charge is 2.13. The molecule has 0 bridgehead atoms. The normalized spacial score (nSPS) is 11.0. The van der Waals surface area contributed by atoms with E-state index in [-0.39, 0.29) is 17.2 Å². The fraction of sp³-hybridized carbons (Fsp3) is 0.286. The van der Waals surface area contributed by atoms with Crippen molar-refractivity contribution in [1.82, 2.24) is 14.9 Å². The second-order valence-corrected chi connectivity index (χ2v) is 7.79. The van der Waals surface area contributed by atoms with Gasteiger partial charge in [-0.05, 0) is 30.2 Å². The van der Waals surface area contributed by atoms with Crippen LogP contribution < -0.4 is 10.9 Å².